The number of aliphatic hydroxyl groups is 1. The molecular formula is C13H18N2O3. The van der Waals surface area contributed by atoms with E-state index in [-0.39, 0.29) is 12.3 Å². The van der Waals surface area contributed by atoms with Gasteiger partial charge in [0.2, 0.25) is 5.91 Å². The lowest BCUT2D eigenvalue weighted by Gasteiger charge is -2.23. The van der Waals surface area contributed by atoms with Crippen LogP contribution in [0.3, 0.4) is 0 Å². The summed E-state index contributed by atoms with van der Waals surface area (Å²) in [6.45, 7) is 3.11. The lowest BCUT2D eigenvalue weighted by Crippen LogP contribution is -2.48. The molecule has 2 amide bonds. The summed E-state index contributed by atoms with van der Waals surface area (Å²) >= 11 is 0. The quantitative estimate of drug-likeness (QED) is 0.707. The van der Waals surface area contributed by atoms with Crippen LogP contribution in [-0.2, 0) is 4.79 Å². The number of amides is 2. The van der Waals surface area contributed by atoms with Crippen molar-refractivity contribution >= 4 is 11.8 Å². The third-order valence-corrected chi connectivity index (χ3v) is 2.39. The first kappa shape index (κ1) is 14.2. The van der Waals surface area contributed by atoms with E-state index >= 15 is 0 Å². The first-order chi connectivity index (χ1) is 8.29. The first-order valence-corrected chi connectivity index (χ1v) is 5.67. The number of rotatable bonds is 5. The normalized spacial score (nSPS) is 12.8. The maximum Gasteiger partial charge on any atom is 0.251 e. The largest absolute Gasteiger partial charge is 0.390 e. The van der Waals surface area contributed by atoms with Crippen LogP contribution in [0, 0.1) is 0 Å². The highest BCUT2D eigenvalue weighted by Crippen LogP contribution is 2.11. The summed E-state index contributed by atoms with van der Waals surface area (Å²) in [7, 11) is 0. The molecule has 0 radical (unpaired) electrons. The van der Waals surface area contributed by atoms with Crippen molar-refractivity contribution in [3.63, 3.8) is 0 Å². The van der Waals surface area contributed by atoms with Gasteiger partial charge in [-0.1, -0.05) is 18.2 Å². The maximum absolute atomic E-state index is 11.8. The van der Waals surface area contributed by atoms with E-state index in [1.165, 1.54) is 0 Å². The van der Waals surface area contributed by atoms with Gasteiger partial charge in [-0.05, 0) is 26.0 Å². The number of carbonyl (C=O) groups excluding carboxylic acids is 2. The van der Waals surface area contributed by atoms with Gasteiger partial charge in [0.05, 0.1) is 5.60 Å². The highest BCUT2D eigenvalue weighted by Gasteiger charge is 2.26. The van der Waals surface area contributed by atoms with Gasteiger partial charge in [0, 0.05) is 12.0 Å². The highest BCUT2D eigenvalue weighted by molar-refractivity contribution is 5.97. The lowest BCUT2D eigenvalue weighted by atomic mass is 9.98. The third-order valence-electron chi connectivity index (χ3n) is 2.39. The van der Waals surface area contributed by atoms with Crippen molar-refractivity contribution < 1.29 is 14.7 Å². The molecule has 18 heavy (non-hydrogen) atoms. The molecule has 98 valence electrons. The van der Waals surface area contributed by atoms with Gasteiger partial charge in [0.15, 0.2) is 0 Å². The van der Waals surface area contributed by atoms with Gasteiger partial charge >= 0.3 is 0 Å². The minimum absolute atomic E-state index is 0.0703. The van der Waals surface area contributed by atoms with E-state index in [0.717, 1.165) is 0 Å². The first-order valence-electron chi connectivity index (χ1n) is 5.67. The molecule has 0 bridgehead atoms. The molecule has 1 rings (SSSR count). The Morgan fingerprint density at radius 3 is 2.33 bits per heavy atom. The molecule has 0 aliphatic heterocycles. The predicted octanol–water partition coefficient (Wildman–Crippen LogP) is 0.431. The van der Waals surface area contributed by atoms with Crippen LogP contribution >= 0.6 is 0 Å². The Balaban J connectivity index is 2.73. The van der Waals surface area contributed by atoms with Crippen LogP contribution in [0.2, 0.25) is 0 Å². The molecule has 0 aliphatic carbocycles. The number of nitrogens with two attached hydrogens (primary N) is 1. The fourth-order valence-corrected chi connectivity index (χ4v) is 1.55. The van der Waals surface area contributed by atoms with Gasteiger partial charge in [-0.15, -0.1) is 0 Å². The second kappa shape index (κ2) is 5.64. The Kier molecular flexibility index (Phi) is 4.44. The smallest absolute Gasteiger partial charge is 0.251 e. The van der Waals surface area contributed by atoms with Crippen molar-refractivity contribution in [2.45, 2.75) is 31.9 Å². The molecule has 0 saturated heterocycles. The Morgan fingerprint density at radius 1 is 1.33 bits per heavy atom. The van der Waals surface area contributed by atoms with Gasteiger partial charge in [-0.2, -0.15) is 0 Å². The van der Waals surface area contributed by atoms with E-state index < -0.39 is 17.6 Å². The van der Waals surface area contributed by atoms with Gasteiger partial charge in [0.1, 0.15) is 6.04 Å². The topological polar surface area (TPSA) is 92.4 Å². The highest BCUT2D eigenvalue weighted by atomic mass is 16.3. The SMILES string of the molecule is CC(C)(O)CC(NC(=O)c1ccccc1)C(N)=O. The Labute approximate surface area is 106 Å². The fraction of sp³-hybridized carbons (Fsp3) is 0.385. The summed E-state index contributed by atoms with van der Waals surface area (Å²) < 4.78 is 0. The summed E-state index contributed by atoms with van der Waals surface area (Å²) in [5.74, 6) is -1.05. The summed E-state index contributed by atoms with van der Waals surface area (Å²) in [4.78, 5) is 23.1. The van der Waals surface area contributed by atoms with Crippen molar-refractivity contribution in [1.82, 2.24) is 5.32 Å². The number of carbonyl (C=O) groups is 2. The summed E-state index contributed by atoms with van der Waals surface area (Å²) in [5, 5.41) is 12.2. The van der Waals surface area contributed by atoms with Gasteiger partial charge in [-0.3, -0.25) is 9.59 Å². The Bertz CT molecular complexity index is 424. The van der Waals surface area contributed by atoms with E-state index in [4.69, 9.17) is 5.73 Å². The molecule has 1 aromatic rings. The molecule has 4 N–H and O–H groups in total. The number of hydrogen-bond donors (Lipinski definition) is 3. The number of nitrogens with one attached hydrogen (secondary N) is 1. The van der Waals surface area contributed by atoms with Gasteiger partial charge < -0.3 is 16.2 Å². The molecule has 1 unspecified atom stereocenters. The van der Waals surface area contributed by atoms with Crippen LogP contribution in [-0.4, -0.2) is 28.6 Å². The van der Waals surface area contributed by atoms with Crippen LogP contribution in [0.15, 0.2) is 30.3 Å². The maximum atomic E-state index is 11.8. The second-order valence-corrected chi connectivity index (χ2v) is 4.81. The zero-order valence-electron chi connectivity index (χ0n) is 10.5. The van der Waals surface area contributed by atoms with Gasteiger partial charge in [-0.25, -0.2) is 0 Å². The Morgan fingerprint density at radius 2 is 1.89 bits per heavy atom. The summed E-state index contributed by atoms with van der Waals surface area (Å²) in [6, 6.07) is 7.63. The molecule has 0 saturated carbocycles. The van der Waals surface area contributed by atoms with Crippen molar-refractivity contribution in [2.24, 2.45) is 5.73 Å². The van der Waals surface area contributed by atoms with E-state index in [1.54, 1.807) is 44.2 Å². The average molecular weight is 250 g/mol. The zero-order chi connectivity index (χ0) is 13.8. The van der Waals surface area contributed by atoms with Crippen molar-refractivity contribution in [3.05, 3.63) is 35.9 Å². The molecule has 0 fully saturated rings. The number of primary amides is 1. The van der Waals surface area contributed by atoms with Crippen molar-refractivity contribution in [3.8, 4) is 0 Å². The molecule has 5 nitrogen and oxygen atoms in total. The molecule has 1 aromatic carbocycles. The monoisotopic (exact) mass is 250 g/mol. The standard InChI is InChI=1S/C13H18N2O3/c1-13(2,18)8-10(11(14)16)15-12(17)9-6-4-3-5-7-9/h3-7,10,18H,8H2,1-2H3,(H2,14,16)(H,15,17). The molecule has 0 aliphatic rings. The van der Waals surface area contributed by atoms with E-state index in [1.807, 2.05) is 0 Å². The fourth-order valence-electron chi connectivity index (χ4n) is 1.55. The molecule has 0 heterocycles. The van der Waals surface area contributed by atoms with Crippen molar-refractivity contribution in [1.29, 1.82) is 0 Å². The summed E-state index contributed by atoms with van der Waals surface area (Å²) in [5.41, 5.74) is 4.57. The van der Waals surface area contributed by atoms with Crippen molar-refractivity contribution in [2.75, 3.05) is 0 Å². The second-order valence-electron chi connectivity index (χ2n) is 4.81. The van der Waals surface area contributed by atoms with E-state index in [2.05, 4.69) is 5.32 Å². The van der Waals surface area contributed by atoms with Crippen LogP contribution in [0.25, 0.3) is 0 Å². The minimum Gasteiger partial charge on any atom is -0.390 e. The molecular weight excluding hydrogens is 232 g/mol. The van der Waals surface area contributed by atoms with Crippen LogP contribution < -0.4 is 11.1 Å². The van der Waals surface area contributed by atoms with E-state index in [0.29, 0.717) is 5.56 Å². The zero-order valence-corrected chi connectivity index (χ0v) is 10.5. The third kappa shape index (κ3) is 4.55. The molecule has 0 aromatic heterocycles. The molecule has 1 atom stereocenters. The average Bonchev–Trinajstić information content (AvgIpc) is 2.27. The minimum atomic E-state index is -1.08. The van der Waals surface area contributed by atoms with Crippen LogP contribution in [0.1, 0.15) is 30.6 Å². The van der Waals surface area contributed by atoms with Gasteiger partial charge in [0.25, 0.3) is 5.91 Å². The summed E-state index contributed by atoms with van der Waals surface area (Å²) in [6.07, 6.45) is 0.0703. The molecule has 5 heteroatoms. The van der Waals surface area contributed by atoms with Crippen LogP contribution in [0.5, 0.6) is 0 Å². The molecule has 0 spiro atoms. The lowest BCUT2D eigenvalue weighted by molar-refractivity contribution is -0.121. The number of hydrogen-bond acceptors (Lipinski definition) is 3. The predicted molar refractivity (Wildman–Crippen MR) is 67.8 cm³/mol. The number of benzene rings is 1. The van der Waals surface area contributed by atoms with E-state index in [9.17, 15) is 14.7 Å². The van der Waals surface area contributed by atoms with Crippen LogP contribution in [0.4, 0.5) is 0 Å². The Hall–Kier alpha value is -1.88.